The van der Waals surface area contributed by atoms with E-state index in [9.17, 15) is 9.59 Å². The van der Waals surface area contributed by atoms with E-state index in [1.165, 1.54) is 6.07 Å². The molecule has 1 aromatic heterocycles. The predicted molar refractivity (Wildman–Crippen MR) is 110 cm³/mol. The van der Waals surface area contributed by atoms with Crippen molar-refractivity contribution < 1.29 is 18.8 Å². The summed E-state index contributed by atoms with van der Waals surface area (Å²) in [6.07, 6.45) is 0.962. The molecule has 0 saturated heterocycles. The number of hydrogen-bond donors (Lipinski definition) is 0. The lowest BCUT2D eigenvalue weighted by Crippen LogP contribution is -2.17. The largest absolute Gasteiger partial charge is 0.462 e. The van der Waals surface area contributed by atoms with Crippen molar-refractivity contribution in [2.24, 2.45) is 5.16 Å². The van der Waals surface area contributed by atoms with Crippen LogP contribution < -0.4 is 5.63 Å². The van der Waals surface area contributed by atoms with Gasteiger partial charge in [-0.05, 0) is 36.2 Å². The van der Waals surface area contributed by atoms with E-state index in [2.05, 4.69) is 5.16 Å². The molecule has 0 aliphatic carbocycles. The average molecular weight is 412 g/mol. The molecule has 0 bridgehead atoms. The van der Waals surface area contributed by atoms with E-state index in [-0.39, 0.29) is 18.3 Å². The molecule has 1 atom stereocenters. The molecule has 0 radical (unpaired) electrons. The first-order valence-electron chi connectivity index (χ1n) is 9.26. The number of carbonyl (C=O) groups excluding carboxylic acids is 1. The maximum atomic E-state index is 12.3. The van der Waals surface area contributed by atoms with Crippen LogP contribution in [0.3, 0.4) is 0 Å². The quantitative estimate of drug-likeness (QED) is 0.460. The van der Waals surface area contributed by atoms with Gasteiger partial charge in [0.05, 0.1) is 12.3 Å². The van der Waals surface area contributed by atoms with E-state index in [0.29, 0.717) is 28.8 Å². The van der Waals surface area contributed by atoms with Crippen LogP contribution in [0.1, 0.15) is 34.8 Å². The monoisotopic (exact) mass is 411 g/mol. The molecule has 1 unspecified atom stereocenters. The Kier molecular flexibility index (Phi) is 5.36. The molecule has 4 rings (SSSR count). The standard InChI is InChI=1S/C22H18ClNO5/c1-2-27-21(25)18-11-15-5-3-4-14(20(15)28-22(18)26)10-17-12-19(24-29-17)13-6-8-16(23)9-7-13/h3-9,11,17H,2,10,12H2,1H3. The van der Waals surface area contributed by atoms with E-state index >= 15 is 0 Å². The van der Waals surface area contributed by atoms with Crippen molar-refractivity contribution in [3.63, 3.8) is 0 Å². The van der Waals surface area contributed by atoms with Gasteiger partial charge in [-0.15, -0.1) is 0 Å². The lowest BCUT2D eigenvalue weighted by molar-refractivity contribution is 0.0521. The lowest BCUT2D eigenvalue weighted by Gasteiger charge is -2.10. The highest BCUT2D eigenvalue weighted by atomic mass is 35.5. The van der Waals surface area contributed by atoms with Crippen LogP contribution in [0.4, 0.5) is 0 Å². The Balaban J connectivity index is 1.56. The van der Waals surface area contributed by atoms with Crippen molar-refractivity contribution in [1.29, 1.82) is 0 Å². The van der Waals surface area contributed by atoms with Gasteiger partial charge in [0.2, 0.25) is 0 Å². The fourth-order valence-corrected chi connectivity index (χ4v) is 3.44. The summed E-state index contributed by atoms with van der Waals surface area (Å²) >= 11 is 5.93. The van der Waals surface area contributed by atoms with E-state index in [1.54, 1.807) is 13.0 Å². The van der Waals surface area contributed by atoms with Gasteiger partial charge in [-0.3, -0.25) is 0 Å². The number of para-hydroxylation sites is 1. The van der Waals surface area contributed by atoms with Gasteiger partial charge in [-0.1, -0.05) is 47.1 Å². The van der Waals surface area contributed by atoms with Gasteiger partial charge in [-0.2, -0.15) is 0 Å². The first-order valence-corrected chi connectivity index (χ1v) is 9.64. The van der Waals surface area contributed by atoms with Gasteiger partial charge in [-0.25, -0.2) is 9.59 Å². The number of fused-ring (bicyclic) bond motifs is 1. The molecule has 148 valence electrons. The van der Waals surface area contributed by atoms with Gasteiger partial charge in [0.25, 0.3) is 0 Å². The minimum Gasteiger partial charge on any atom is -0.462 e. The Labute approximate surface area is 171 Å². The molecule has 0 spiro atoms. The number of ether oxygens (including phenoxy) is 1. The molecule has 1 aliphatic heterocycles. The van der Waals surface area contributed by atoms with Crippen LogP contribution in [0.25, 0.3) is 11.0 Å². The maximum absolute atomic E-state index is 12.3. The van der Waals surface area contributed by atoms with Crippen molar-refractivity contribution in [2.45, 2.75) is 25.9 Å². The number of esters is 1. The fraction of sp³-hybridized carbons (Fsp3) is 0.227. The topological polar surface area (TPSA) is 78.1 Å². The first kappa shape index (κ1) is 19.2. The predicted octanol–water partition coefficient (Wildman–Crippen LogP) is 4.36. The summed E-state index contributed by atoms with van der Waals surface area (Å²) < 4.78 is 10.4. The zero-order valence-corrected chi connectivity index (χ0v) is 16.4. The van der Waals surface area contributed by atoms with Crippen LogP contribution in [0.15, 0.2) is 62.9 Å². The zero-order valence-electron chi connectivity index (χ0n) is 15.7. The molecule has 7 heteroatoms. The number of oxime groups is 1. The Hall–Kier alpha value is -3.12. The van der Waals surface area contributed by atoms with Crippen LogP contribution in [0.5, 0.6) is 0 Å². The Morgan fingerprint density at radius 2 is 2.03 bits per heavy atom. The molecule has 0 saturated carbocycles. The molecule has 0 fully saturated rings. The van der Waals surface area contributed by atoms with Crippen molar-refractivity contribution in [2.75, 3.05) is 6.61 Å². The van der Waals surface area contributed by atoms with Gasteiger partial charge >= 0.3 is 11.6 Å². The molecule has 0 N–H and O–H groups in total. The third kappa shape index (κ3) is 4.03. The van der Waals surface area contributed by atoms with Crippen LogP contribution in [-0.4, -0.2) is 24.4 Å². The summed E-state index contributed by atoms with van der Waals surface area (Å²) in [6, 6.07) is 14.5. The summed E-state index contributed by atoms with van der Waals surface area (Å²) in [6.45, 7) is 1.87. The summed E-state index contributed by atoms with van der Waals surface area (Å²) in [4.78, 5) is 29.8. The highest BCUT2D eigenvalue weighted by molar-refractivity contribution is 6.30. The van der Waals surface area contributed by atoms with Crippen molar-refractivity contribution in [1.82, 2.24) is 0 Å². The Bertz CT molecular complexity index is 1150. The van der Waals surface area contributed by atoms with Crippen molar-refractivity contribution in [3.05, 3.63) is 80.7 Å². The third-order valence-corrected chi connectivity index (χ3v) is 4.95. The number of carbonyl (C=O) groups is 1. The summed E-state index contributed by atoms with van der Waals surface area (Å²) in [5, 5.41) is 5.51. The highest BCUT2D eigenvalue weighted by Gasteiger charge is 2.24. The summed E-state index contributed by atoms with van der Waals surface area (Å²) in [7, 11) is 0. The second-order valence-corrected chi connectivity index (χ2v) is 7.12. The molecule has 1 aliphatic rings. The number of rotatable bonds is 5. The minimum atomic E-state index is -0.714. The molecule has 2 aromatic carbocycles. The molecule has 3 aromatic rings. The number of halogens is 1. The van der Waals surface area contributed by atoms with Gasteiger partial charge in [0.15, 0.2) is 0 Å². The zero-order chi connectivity index (χ0) is 20.4. The van der Waals surface area contributed by atoms with Crippen LogP contribution >= 0.6 is 11.6 Å². The normalized spacial score (nSPS) is 15.8. The van der Waals surface area contributed by atoms with Gasteiger partial charge in [0, 0.05) is 23.3 Å². The van der Waals surface area contributed by atoms with Gasteiger partial charge < -0.3 is 14.0 Å². The van der Waals surface area contributed by atoms with E-state index in [4.69, 9.17) is 25.6 Å². The second-order valence-electron chi connectivity index (χ2n) is 6.68. The fourth-order valence-electron chi connectivity index (χ4n) is 3.31. The third-order valence-electron chi connectivity index (χ3n) is 4.69. The Morgan fingerprint density at radius 1 is 1.24 bits per heavy atom. The first-order chi connectivity index (χ1) is 14.0. The van der Waals surface area contributed by atoms with Gasteiger partial charge in [0.1, 0.15) is 17.3 Å². The molecule has 29 heavy (non-hydrogen) atoms. The van der Waals surface area contributed by atoms with E-state index < -0.39 is 11.6 Å². The molecule has 6 nitrogen and oxygen atoms in total. The average Bonchev–Trinajstić information content (AvgIpc) is 3.17. The number of hydrogen-bond acceptors (Lipinski definition) is 6. The highest BCUT2D eigenvalue weighted by Crippen LogP contribution is 2.25. The van der Waals surface area contributed by atoms with Crippen LogP contribution in [-0.2, 0) is 16.0 Å². The van der Waals surface area contributed by atoms with Crippen LogP contribution in [0.2, 0.25) is 5.02 Å². The molecular formula is C22H18ClNO5. The smallest absolute Gasteiger partial charge is 0.351 e. The maximum Gasteiger partial charge on any atom is 0.351 e. The Morgan fingerprint density at radius 3 is 2.79 bits per heavy atom. The SMILES string of the molecule is CCOC(=O)c1cc2cccc(CC3CC(c4ccc(Cl)cc4)=NO3)c2oc1=O. The molecular weight excluding hydrogens is 394 g/mol. The van der Waals surface area contributed by atoms with E-state index in [1.807, 2.05) is 36.4 Å². The van der Waals surface area contributed by atoms with Crippen LogP contribution in [0, 0.1) is 0 Å². The number of nitrogens with zero attached hydrogens (tertiary/aromatic N) is 1. The molecule has 0 amide bonds. The lowest BCUT2D eigenvalue weighted by atomic mass is 9.99. The minimum absolute atomic E-state index is 0.109. The van der Waals surface area contributed by atoms with E-state index in [0.717, 1.165) is 16.8 Å². The van der Waals surface area contributed by atoms with Crippen molar-refractivity contribution in [3.8, 4) is 0 Å². The second kappa shape index (κ2) is 8.09. The van der Waals surface area contributed by atoms with Crippen molar-refractivity contribution >= 4 is 34.3 Å². The molecule has 2 heterocycles. The summed E-state index contributed by atoms with van der Waals surface area (Å²) in [5.41, 5.74) is 2.23. The number of benzene rings is 2. The summed E-state index contributed by atoms with van der Waals surface area (Å²) in [5.74, 6) is -0.686.